The van der Waals surface area contributed by atoms with Crippen molar-refractivity contribution >= 4 is 16.8 Å². The van der Waals surface area contributed by atoms with Crippen LogP contribution in [0.2, 0.25) is 0 Å². The number of hydrogen-bond donors (Lipinski definition) is 1. The second kappa shape index (κ2) is 3.15. The number of carbonyl (C=O) groups excluding carboxylic acids is 1. The number of phenolic OH excluding ortho intramolecular Hbond substituents is 1. The van der Waals surface area contributed by atoms with Crippen molar-refractivity contribution < 1.29 is 9.90 Å². The first-order valence-electron chi connectivity index (χ1n) is 3.52. The summed E-state index contributed by atoms with van der Waals surface area (Å²) in [6.45, 7) is 3.55. The Labute approximate surface area is 75.8 Å². The summed E-state index contributed by atoms with van der Waals surface area (Å²) < 4.78 is 0. The number of aryl methyl sites for hydroxylation is 2. The van der Waals surface area contributed by atoms with Crippen LogP contribution in [0.5, 0.6) is 5.75 Å². The molecule has 0 aliphatic heterocycles. The third-order valence-electron chi connectivity index (χ3n) is 1.75. The Bertz CT molecular complexity index is 332. The molecule has 0 saturated carbocycles. The van der Waals surface area contributed by atoms with Gasteiger partial charge >= 0.3 is 0 Å². The predicted molar refractivity (Wildman–Crippen MR) is 47.8 cm³/mol. The van der Waals surface area contributed by atoms with Crippen LogP contribution in [0, 0.1) is 13.8 Å². The third-order valence-corrected chi connectivity index (χ3v) is 1.96. The van der Waals surface area contributed by atoms with E-state index in [2.05, 4.69) is 0 Å². The molecule has 0 bridgehead atoms. The molecule has 0 heterocycles. The van der Waals surface area contributed by atoms with Crippen LogP contribution in [0.1, 0.15) is 21.5 Å². The minimum absolute atomic E-state index is 0.101. The van der Waals surface area contributed by atoms with Gasteiger partial charge in [-0.05, 0) is 42.6 Å². The van der Waals surface area contributed by atoms with Gasteiger partial charge in [0.2, 0.25) is 0 Å². The van der Waals surface area contributed by atoms with Crippen LogP contribution in [0.25, 0.3) is 0 Å². The molecule has 0 radical (unpaired) electrons. The highest BCUT2D eigenvalue weighted by Crippen LogP contribution is 2.22. The molecule has 64 valence electrons. The lowest BCUT2D eigenvalue weighted by atomic mass is 10.1. The summed E-state index contributed by atoms with van der Waals surface area (Å²) in [5, 5.41) is 8.72. The molecule has 2 nitrogen and oxygen atoms in total. The zero-order valence-corrected chi connectivity index (χ0v) is 7.64. The summed E-state index contributed by atoms with van der Waals surface area (Å²) >= 11 is 5.28. The highest BCUT2D eigenvalue weighted by atomic mass is 35.5. The molecule has 0 aliphatic carbocycles. The van der Waals surface area contributed by atoms with Gasteiger partial charge in [0.25, 0.3) is 5.24 Å². The Kier molecular flexibility index (Phi) is 2.38. The number of carbonyl (C=O) groups is 1. The topological polar surface area (TPSA) is 37.3 Å². The average molecular weight is 185 g/mol. The molecule has 0 unspecified atom stereocenters. The van der Waals surface area contributed by atoms with Crippen molar-refractivity contribution in [3.05, 3.63) is 28.8 Å². The summed E-state index contributed by atoms with van der Waals surface area (Å²) in [5.74, 6) is 0.101. The van der Waals surface area contributed by atoms with E-state index in [1.54, 1.807) is 19.9 Å². The number of benzene rings is 1. The van der Waals surface area contributed by atoms with Gasteiger partial charge in [-0.15, -0.1) is 0 Å². The zero-order chi connectivity index (χ0) is 9.30. The van der Waals surface area contributed by atoms with E-state index < -0.39 is 5.24 Å². The van der Waals surface area contributed by atoms with Gasteiger partial charge in [-0.25, -0.2) is 0 Å². The molecular formula is C9H9ClO2. The Hall–Kier alpha value is -1.02. The summed E-state index contributed by atoms with van der Waals surface area (Å²) in [6.07, 6.45) is 0. The van der Waals surface area contributed by atoms with Crippen molar-refractivity contribution in [3.8, 4) is 5.75 Å². The van der Waals surface area contributed by atoms with Crippen LogP contribution < -0.4 is 0 Å². The molecule has 1 aromatic carbocycles. The molecule has 0 aliphatic rings. The number of aromatic hydroxyl groups is 1. The van der Waals surface area contributed by atoms with Gasteiger partial charge in [-0.1, -0.05) is 6.07 Å². The van der Waals surface area contributed by atoms with Crippen LogP contribution in [0.3, 0.4) is 0 Å². The Morgan fingerprint density at radius 3 is 2.42 bits per heavy atom. The second-order valence-corrected chi connectivity index (χ2v) is 3.07. The van der Waals surface area contributed by atoms with E-state index in [1.807, 2.05) is 0 Å². The Balaban J connectivity index is 3.33. The maximum absolute atomic E-state index is 10.8. The quantitative estimate of drug-likeness (QED) is 0.681. The van der Waals surface area contributed by atoms with E-state index in [4.69, 9.17) is 11.6 Å². The average Bonchev–Trinajstić information content (AvgIpc) is 1.96. The van der Waals surface area contributed by atoms with E-state index in [1.165, 1.54) is 6.07 Å². The van der Waals surface area contributed by atoms with Crippen molar-refractivity contribution in [1.82, 2.24) is 0 Å². The van der Waals surface area contributed by atoms with Gasteiger partial charge in [-0.2, -0.15) is 0 Å². The van der Waals surface area contributed by atoms with Crippen LogP contribution in [0.4, 0.5) is 0 Å². The molecule has 0 spiro atoms. The van der Waals surface area contributed by atoms with Crippen molar-refractivity contribution in [2.45, 2.75) is 13.8 Å². The highest BCUT2D eigenvalue weighted by Gasteiger charge is 2.08. The van der Waals surface area contributed by atoms with Crippen molar-refractivity contribution in [1.29, 1.82) is 0 Å². The zero-order valence-electron chi connectivity index (χ0n) is 6.89. The van der Waals surface area contributed by atoms with E-state index in [9.17, 15) is 9.90 Å². The Morgan fingerprint density at radius 2 is 1.92 bits per heavy atom. The van der Waals surface area contributed by atoms with Gasteiger partial charge in [0.1, 0.15) is 5.75 Å². The molecule has 0 amide bonds. The molecule has 12 heavy (non-hydrogen) atoms. The smallest absolute Gasteiger partial charge is 0.252 e. The van der Waals surface area contributed by atoms with Gasteiger partial charge in [0.05, 0.1) is 0 Å². The summed E-state index contributed by atoms with van der Waals surface area (Å²) in [6, 6.07) is 3.12. The van der Waals surface area contributed by atoms with Crippen LogP contribution in [-0.4, -0.2) is 10.3 Å². The van der Waals surface area contributed by atoms with Crippen molar-refractivity contribution in [3.63, 3.8) is 0 Å². The molecular weight excluding hydrogens is 176 g/mol. The van der Waals surface area contributed by atoms with Gasteiger partial charge < -0.3 is 5.11 Å². The number of rotatable bonds is 1. The number of phenols is 1. The first-order valence-corrected chi connectivity index (χ1v) is 3.90. The normalized spacial score (nSPS) is 9.92. The van der Waals surface area contributed by atoms with E-state index >= 15 is 0 Å². The van der Waals surface area contributed by atoms with Crippen LogP contribution >= 0.6 is 11.6 Å². The van der Waals surface area contributed by atoms with Crippen molar-refractivity contribution in [2.75, 3.05) is 0 Å². The summed E-state index contributed by atoms with van der Waals surface area (Å²) in [7, 11) is 0. The second-order valence-electron chi connectivity index (χ2n) is 2.73. The lowest BCUT2D eigenvalue weighted by molar-refractivity contribution is 0.108. The fourth-order valence-corrected chi connectivity index (χ4v) is 1.26. The predicted octanol–water partition coefficient (Wildman–Crippen LogP) is 2.39. The van der Waals surface area contributed by atoms with Crippen LogP contribution in [0.15, 0.2) is 12.1 Å². The maximum Gasteiger partial charge on any atom is 0.252 e. The lowest BCUT2D eigenvalue weighted by Crippen LogP contribution is -1.93. The lowest BCUT2D eigenvalue weighted by Gasteiger charge is -2.03. The fourth-order valence-electron chi connectivity index (χ4n) is 1.05. The van der Waals surface area contributed by atoms with Gasteiger partial charge in [-0.3, -0.25) is 4.79 Å². The summed E-state index contributed by atoms with van der Waals surface area (Å²) in [5.41, 5.74) is 1.89. The largest absolute Gasteiger partial charge is 0.508 e. The van der Waals surface area contributed by atoms with Gasteiger partial charge in [0, 0.05) is 5.56 Å². The van der Waals surface area contributed by atoms with Gasteiger partial charge in [0.15, 0.2) is 0 Å². The van der Waals surface area contributed by atoms with E-state index in [0.29, 0.717) is 5.56 Å². The monoisotopic (exact) mass is 184 g/mol. The fraction of sp³-hybridized carbons (Fsp3) is 0.222. The molecule has 0 atom stereocenters. The number of hydrogen-bond acceptors (Lipinski definition) is 2. The first-order chi connectivity index (χ1) is 5.52. The molecule has 0 fully saturated rings. The minimum Gasteiger partial charge on any atom is -0.508 e. The minimum atomic E-state index is -0.539. The third kappa shape index (κ3) is 1.59. The molecule has 0 saturated heterocycles. The maximum atomic E-state index is 10.8. The van der Waals surface area contributed by atoms with E-state index in [-0.39, 0.29) is 5.75 Å². The first kappa shape index (κ1) is 9.07. The molecule has 1 rings (SSSR count). The SMILES string of the molecule is Cc1cc(C)c(C(=O)Cl)cc1O. The molecule has 1 aromatic rings. The standard InChI is InChI=1S/C9H9ClO2/c1-5-3-6(2)8(11)4-7(5)9(10)12/h3-4,11H,1-2H3. The number of halogens is 1. The highest BCUT2D eigenvalue weighted by molar-refractivity contribution is 6.67. The molecule has 3 heteroatoms. The van der Waals surface area contributed by atoms with E-state index in [0.717, 1.165) is 11.1 Å². The van der Waals surface area contributed by atoms with Crippen molar-refractivity contribution in [2.24, 2.45) is 0 Å². The Morgan fingerprint density at radius 1 is 1.33 bits per heavy atom. The van der Waals surface area contributed by atoms with Crippen LogP contribution in [-0.2, 0) is 0 Å². The molecule has 0 aromatic heterocycles. The molecule has 1 N–H and O–H groups in total. The summed E-state index contributed by atoms with van der Waals surface area (Å²) in [4.78, 5) is 10.8.